The van der Waals surface area contributed by atoms with Crippen molar-refractivity contribution in [3.8, 4) is 0 Å². The molecule has 3 rings (SSSR count). The third-order valence-electron chi connectivity index (χ3n) is 3.86. The van der Waals surface area contributed by atoms with Crippen LogP contribution in [0, 0.1) is 6.92 Å². The summed E-state index contributed by atoms with van der Waals surface area (Å²) in [5, 5.41) is 4.65. The van der Waals surface area contributed by atoms with Crippen molar-refractivity contribution in [1.82, 2.24) is 4.98 Å². The molecule has 0 saturated carbocycles. The maximum atomic E-state index is 5.89. The quantitative estimate of drug-likeness (QED) is 0.649. The van der Waals surface area contributed by atoms with Gasteiger partial charge in [-0.3, -0.25) is 4.98 Å². The van der Waals surface area contributed by atoms with E-state index in [1.165, 1.54) is 19.3 Å². The molecule has 1 aliphatic rings. The molecule has 1 aliphatic carbocycles. The van der Waals surface area contributed by atoms with Gasteiger partial charge in [0.15, 0.2) is 0 Å². The summed E-state index contributed by atoms with van der Waals surface area (Å²) in [5.41, 5.74) is 11.4. The molecule has 0 saturated heterocycles. The lowest BCUT2D eigenvalue weighted by Crippen LogP contribution is -2.04. The van der Waals surface area contributed by atoms with Gasteiger partial charge in [0.05, 0.1) is 5.52 Å². The molecule has 0 aliphatic heterocycles. The molecule has 3 N–H and O–H groups in total. The monoisotopic (exact) mass is 267 g/mol. The van der Waals surface area contributed by atoms with Gasteiger partial charge in [-0.05, 0) is 56.9 Å². The highest BCUT2D eigenvalue weighted by molar-refractivity contribution is 5.93. The molecule has 0 unspecified atom stereocenters. The Morgan fingerprint density at radius 3 is 3.00 bits per heavy atom. The molecule has 3 heteroatoms. The Morgan fingerprint density at radius 1 is 1.30 bits per heavy atom. The van der Waals surface area contributed by atoms with E-state index in [0.29, 0.717) is 0 Å². The van der Waals surface area contributed by atoms with Gasteiger partial charge in [0.25, 0.3) is 0 Å². The molecule has 2 aromatic rings. The second-order valence-corrected chi connectivity index (χ2v) is 5.52. The van der Waals surface area contributed by atoms with Gasteiger partial charge in [0.1, 0.15) is 0 Å². The lowest BCUT2D eigenvalue weighted by molar-refractivity contribution is 0.863. The number of anilines is 2. The van der Waals surface area contributed by atoms with Crippen LogP contribution >= 0.6 is 0 Å². The lowest BCUT2D eigenvalue weighted by Gasteiger charge is -2.11. The first-order chi connectivity index (χ1) is 9.72. The van der Waals surface area contributed by atoms with Crippen molar-refractivity contribution < 1.29 is 0 Å². The van der Waals surface area contributed by atoms with Crippen molar-refractivity contribution in [2.45, 2.75) is 32.6 Å². The largest absolute Gasteiger partial charge is 0.399 e. The number of benzene rings is 1. The average molecular weight is 267 g/mol. The summed E-state index contributed by atoms with van der Waals surface area (Å²) >= 11 is 0. The summed E-state index contributed by atoms with van der Waals surface area (Å²) in [6, 6.07) is 7.99. The topological polar surface area (TPSA) is 50.9 Å². The fourth-order valence-corrected chi connectivity index (χ4v) is 2.84. The summed E-state index contributed by atoms with van der Waals surface area (Å²) in [6.07, 6.45) is 7.36. The Labute approximate surface area is 119 Å². The van der Waals surface area contributed by atoms with E-state index in [0.717, 1.165) is 40.9 Å². The van der Waals surface area contributed by atoms with Crippen molar-refractivity contribution in [2.75, 3.05) is 17.6 Å². The highest BCUT2D eigenvalue weighted by Gasteiger charge is 2.06. The van der Waals surface area contributed by atoms with Crippen LogP contribution in [0.2, 0.25) is 0 Å². The molecule has 0 bridgehead atoms. The highest BCUT2D eigenvalue weighted by Crippen LogP contribution is 2.26. The van der Waals surface area contributed by atoms with E-state index in [1.54, 1.807) is 5.57 Å². The zero-order chi connectivity index (χ0) is 13.9. The minimum absolute atomic E-state index is 0.782. The molecule has 20 heavy (non-hydrogen) atoms. The van der Waals surface area contributed by atoms with E-state index < -0.39 is 0 Å². The fourth-order valence-electron chi connectivity index (χ4n) is 2.84. The predicted molar refractivity (Wildman–Crippen MR) is 85.9 cm³/mol. The van der Waals surface area contributed by atoms with Crippen LogP contribution in [0.25, 0.3) is 10.9 Å². The number of aromatic nitrogens is 1. The molecular weight excluding hydrogens is 246 g/mol. The minimum atomic E-state index is 0.782. The standard InChI is InChI=1S/C17H21N3/c1-12-10-17(19-9-8-13-4-2-3-5-13)15-11-14(18)6-7-16(15)20-12/h4,6-7,10-11H,2-3,5,8-9,18H2,1H3,(H,19,20). The van der Waals surface area contributed by atoms with Gasteiger partial charge in [0.2, 0.25) is 0 Å². The lowest BCUT2D eigenvalue weighted by atomic mass is 10.1. The Kier molecular flexibility index (Phi) is 3.59. The maximum Gasteiger partial charge on any atom is 0.0727 e. The van der Waals surface area contributed by atoms with Crippen molar-refractivity contribution in [1.29, 1.82) is 0 Å². The van der Waals surface area contributed by atoms with Crippen LogP contribution in [-0.4, -0.2) is 11.5 Å². The van der Waals surface area contributed by atoms with E-state index in [-0.39, 0.29) is 0 Å². The zero-order valence-electron chi connectivity index (χ0n) is 11.9. The predicted octanol–water partition coefficient (Wildman–Crippen LogP) is 4.04. The molecule has 3 nitrogen and oxygen atoms in total. The smallest absolute Gasteiger partial charge is 0.0727 e. The average Bonchev–Trinajstić information content (AvgIpc) is 2.92. The number of nitrogens with zero attached hydrogens (tertiary/aromatic N) is 1. The van der Waals surface area contributed by atoms with Crippen LogP contribution < -0.4 is 11.1 Å². The Morgan fingerprint density at radius 2 is 2.20 bits per heavy atom. The molecule has 0 amide bonds. The molecule has 0 radical (unpaired) electrons. The molecule has 1 aromatic carbocycles. The van der Waals surface area contributed by atoms with Gasteiger partial charge in [-0.2, -0.15) is 0 Å². The summed E-state index contributed by atoms with van der Waals surface area (Å²) in [6.45, 7) is 3.00. The molecular formula is C17H21N3. The number of nitrogens with one attached hydrogen (secondary N) is 1. The molecule has 0 fully saturated rings. The SMILES string of the molecule is Cc1cc(NCCC2=CCCC2)c2cc(N)ccc2n1. The molecule has 0 spiro atoms. The number of nitrogens with two attached hydrogens (primary N) is 1. The number of nitrogen functional groups attached to an aromatic ring is 1. The Hall–Kier alpha value is -2.03. The van der Waals surface area contributed by atoms with Crippen LogP contribution in [0.15, 0.2) is 35.9 Å². The maximum absolute atomic E-state index is 5.89. The van der Waals surface area contributed by atoms with E-state index in [2.05, 4.69) is 22.4 Å². The van der Waals surface area contributed by atoms with Gasteiger partial charge in [-0.25, -0.2) is 0 Å². The summed E-state index contributed by atoms with van der Waals surface area (Å²) in [7, 11) is 0. The number of hydrogen-bond donors (Lipinski definition) is 2. The van der Waals surface area contributed by atoms with E-state index in [1.807, 2.05) is 25.1 Å². The molecule has 0 atom stereocenters. The second-order valence-electron chi connectivity index (χ2n) is 5.52. The minimum Gasteiger partial charge on any atom is -0.399 e. The first kappa shape index (κ1) is 13.0. The summed E-state index contributed by atoms with van der Waals surface area (Å²) in [5.74, 6) is 0. The normalized spacial score (nSPS) is 14.6. The van der Waals surface area contributed by atoms with Crippen molar-refractivity contribution in [2.24, 2.45) is 0 Å². The fraction of sp³-hybridized carbons (Fsp3) is 0.353. The second kappa shape index (κ2) is 5.53. The third-order valence-corrected chi connectivity index (χ3v) is 3.86. The van der Waals surface area contributed by atoms with Gasteiger partial charge in [-0.1, -0.05) is 11.6 Å². The van der Waals surface area contributed by atoms with Crippen molar-refractivity contribution in [3.05, 3.63) is 41.6 Å². The summed E-state index contributed by atoms with van der Waals surface area (Å²) in [4.78, 5) is 4.56. The zero-order valence-corrected chi connectivity index (χ0v) is 11.9. The number of aryl methyl sites for hydroxylation is 1. The first-order valence-electron chi connectivity index (χ1n) is 7.31. The highest BCUT2D eigenvalue weighted by atomic mass is 14.9. The molecule has 1 heterocycles. The first-order valence-corrected chi connectivity index (χ1v) is 7.31. The number of rotatable bonds is 4. The molecule has 104 valence electrons. The number of pyridine rings is 1. The van der Waals surface area contributed by atoms with Crippen LogP contribution in [0.3, 0.4) is 0 Å². The van der Waals surface area contributed by atoms with Gasteiger partial charge >= 0.3 is 0 Å². The van der Waals surface area contributed by atoms with E-state index in [9.17, 15) is 0 Å². The number of allylic oxidation sites excluding steroid dienone is 1. The van der Waals surface area contributed by atoms with Crippen LogP contribution in [0.1, 0.15) is 31.4 Å². The Balaban J connectivity index is 1.80. The van der Waals surface area contributed by atoms with Gasteiger partial charge in [-0.15, -0.1) is 0 Å². The van der Waals surface area contributed by atoms with Crippen molar-refractivity contribution in [3.63, 3.8) is 0 Å². The van der Waals surface area contributed by atoms with Crippen molar-refractivity contribution >= 4 is 22.3 Å². The van der Waals surface area contributed by atoms with Crippen LogP contribution in [0.4, 0.5) is 11.4 Å². The number of hydrogen-bond acceptors (Lipinski definition) is 3. The Bertz CT molecular complexity index is 659. The third kappa shape index (κ3) is 2.77. The van der Waals surface area contributed by atoms with Gasteiger partial charge < -0.3 is 11.1 Å². The van der Waals surface area contributed by atoms with Crippen LogP contribution in [0.5, 0.6) is 0 Å². The molecule has 1 aromatic heterocycles. The van der Waals surface area contributed by atoms with E-state index in [4.69, 9.17) is 5.73 Å². The van der Waals surface area contributed by atoms with Gasteiger partial charge in [0, 0.05) is 29.0 Å². The number of fused-ring (bicyclic) bond motifs is 1. The summed E-state index contributed by atoms with van der Waals surface area (Å²) < 4.78 is 0. The van der Waals surface area contributed by atoms with Crippen LogP contribution in [-0.2, 0) is 0 Å². The van der Waals surface area contributed by atoms with E-state index >= 15 is 0 Å².